The summed E-state index contributed by atoms with van der Waals surface area (Å²) in [7, 11) is 0. The first kappa shape index (κ1) is 18.8. The molecule has 0 aliphatic carbocycles. The Morgan fingerprint density at radius 2 is 1.78 bits per heavy atom. The summed E-state index contributed by atoms with van der Waals surface area (Å²) in [4.78, 5) is 16.1. The minimum absolute atomic E-state index is 0.0000148. The first-order chi connectivity index (χ1) is 12.9. The van der Waals surface area contributed by atoms with Crippen LogP contribution in [0.15, 0.2) is 53.1 Å². The van der Waals surface area contributed by atoms with Gasteiger partial charge in [-0.15, -0.1) is 0 Å². The Kier molecular flexibility index (Phi) is 5.64. The molecule has 0 aliphatic heterocycles. The molecule has 4 nitrogen and oxygen atoms in total. The van der Waals surface area contributed by atoms with Gasteiger partial charge in [-0.05, 0) is 23.6 Å². The topological polar surface area (TPSA) is 55.1 Å². The van der Waals surface area contributed by atoms with Crippen LogP contribution in [0.4, 0.5) is 14.5 Å². The number of rotatable bonds is 6. The molecule has 1 aromatic heterocycles. The number of amides is 1. The van der Waals surface area contributed by atoms with Gasteiger partial charge >= 0.3 is 0 Å². The van der Waals surface area contributed by atoms with E-state index in [0.717, 1.165) is 17.7 Å². The number of nitrogens with one attached hydrogen (secondary N) is 1. The van der Waals surface area contributed by atoms with Crippen molar-refractivity contribution in [3.8, 4) is 11.3 Å². The van der Waals surface area contributed by atoms with Gasteiger partial charge in [-0.3, -0.25) is 4.79 Å². The van der Waals surface area contributed by atoms with E-state index in [2.05, 4.69) is 24.1 Å². The molecule has 0 bridgehead atoms. The highest BCUT2D eigenvalue weighted by molar-refractivity contribution is 5.91. The highest BCUT2D eigenvalue weighted by Crippen LogP contribution is 2.24. The number of oxazole rings is 1. The fraction of sp³-hybridized carbons (Fsp3) is 0.238. The predicted molar refractivity (Wildman–Crippen MR) is 99.3 cm³/mol. The zero-order valence-electron chi connectivity index (χ0n) is 15.1. The fourth-order valence-electron chi connectivity index (χ4n) is 2.63. The van der Waals surface area contributed by atoms with Crippen LogP contribution >= 0.6 is 0 Å². The third-order valence-electron chi connectivity index (χ3n) is 4.21. The van der Waals surface area contributed by atoms with Crippen molar-refractivity contribution in [2.45, 2.75) is 32.6 Å². The van der Waals surface area contributed by atoms with E-state index in [1.807, 2.05) is 24.3 Å². The zero-order valence-corrected chi connectivity index (χ0v) is 15.1. The van der Waals surface area contributed by atoms with E-state index in [0.29, 0.717) is 17.6 Å². The average Bonchev–Trinajstić information content (AvgIpc) is 3.12. The van der Waals surface area contributed by atoms with E-state index in [9.17, 15) is 13.6 Å². The summed E-state index contributed by atoms with van der Waals surface area (Å²) in [5.74, 6) is -0.691. The molecule has 0 fully saturated rings. The maximum Gasteiger partial charge on any atom is 0.225 e. The van der Waals surface area contributed by atoms with Crippen molar-refractivity contribution in [2.24, 2.45) is 0 Å². The Labute approximate surface area is 156 Å². The number of hydrogen-bond acceptors (Lipinski definition) is 3. The Balaban J connectivity index is 1.60. The first-order valence-electron chi connectivity index (χ1n) is 8.73. The summed E-state index contributed by atoms with van der Waals surface area (Å²) >= 11 is 0. The largest absolute Gasteiger partial charge is 0.441 e. The lowest BCUT2D eigenvalue weighted by Gasteiger charge is -2.06. The number of carbonyl (C=O) groups is 1. The van der Waals surface area contributed by atoms with Crippen molar-refractivity contribution in [1.82, 2.24) is 4.98 Å². The monoisotopic (exact) mass is 370 g/mol. The predicted octanol–water partition coefficient (Wildman–Crippen LogP) is 5.31. The molecule has 1 N–H and O–H groups in total. The summed E-state index contributed by atoms with van der Waals surface area (Å²) < 4.78 is 32.8. The van der Waals surface area contributed by atoms with Gasteiger partial charge in [0, 0.05) is 18.4 Å². The average molecular weight is 370 g/mol. The molecule has 0 saturated carbocycles. The molecule has 3 aromatic rings. The van der Waals surface area contributed by atoms with Gasteiger partial charge in [0.1, 0.15) is 17.3 Å². The Morgan fingerprint density at radius 1 is 1.11 bits per heavy atom. The number of carbonyl (C=O) groups excluding carboxylic acids is 1. The summed E-state index contributed by atoms with van der Waals surface area (Å²) in [6.45, 7) is 4.25. The van der Waals surface area contributed by atoms with Crippen LogP contribution in [0.5, 0.6) is 0 Å². The molecular weight excluding hydrogens is 350 g/mol. The van der Waals surface area contributed by atoms with Crippen molar-refractivity contribution >= 4 is 11.6 Å². The molecule has 0 spiro atoms. The van der Waals surface area contributed by atoms with E-state index in [1.54, 1.807) is 6.20 Å². The third-order valence-corrected chi connectivity index (χ3v) is 4.21. The van der Waals surface area contributed by atoms with Gasteiger partial charge in [-0.25, -0.2) is 13.8 Å². The molecule has 0 saturated heterocycles. The van der Waals surface area contributed by atoms with Crippen LogP contribution in [0.1, 0.15) is 37.6 Å². The lowest BCUT2D eigenvalue weighted by atomic mass is 10.0. The normalized spacial score (nSPS) is 11.0. The molecule has 3 rings (SSSR count). The van der Waals surface area contributed by atoms with Crippen LogP contribution in [-0.2, 0) is 11.2 Å². The minimum Gasteiger partial charge on any atom is -0.441 e. The Hall–Kier alpha value is -3.02. The minimum atomic E-state index is -0.813. The Morgan fingerprint density at radius 3 is 2.41 bits per heavy atom. The highest BCUT2D eigenvalue weighted by atomic mass is 19.1. The van der Waals surface area contributed by atoms with E-state index >= 15 is 0 Å². The van der Waals surface area contributed by atoms with Crippen LogP contribution in [-0.4, -0.2) is 10.9 Å². The molecule has 0 unspecified atom stereocenters. The van der Waals surface area contributed by atoms with Crippen molar-refractivity contribution < 1.29 is 18.0 Å². The number of hydrogen-bond donors (Lipinski definition) is 1. The molecule has 1 amide bonds. The quantitative estimate of drug-likeness (QED) is 0.639. The summed E-state index contributed by atoms with van der Waals surface area (Å²) in [6.07, 6.45) is 1.83. The molecule has 6 heteroatoms. The Bertz CT molecular complexity index is 913. The number of nitrogens with zero attached hydrogens (tertiary/aromatic N) is 1. The lowest BCUT2D eigenvalue weighted by molar-refractivity contribution is -0.116. The molecule has 0 radical (unpaired) electrons. The molecule has 0 aliphatic rings. The number of benzene rings is 2. The van der Waals surface area contributed by atoms with Crippen LogP contribution in [0.2, 0.25) is 0 Å². The maximum absolute atomic E-state index is 13.6. The van der Waals surface area contributed by atoms with Gasteiger partial charge in [0.2, 0.25) is 5.91 Å². The summed E-state index contributed by atoms with van der Waals surface area (Å²) in [5.41, 5.74) is 1.69. The molecule has 2 aromatic carbocycles. The molecule has 0 atom stereocenters. The van der Waals surface area contributed by atoms with Gasteiger partial charge < -0.3 is 9.73 Å². The van der Waals surface area contributed by atoms with Crippen LogP contribution in [0, 0.1) is 11.6 Å². The standard InChI is InChI=1S/C21H20F2N2O2/c1-13(2)14-6-8-15(9-7-14)18-12-24-20(27-18)11-10-19(26)25-21-16(22)4-3-5-17(21)23/h3-9,12-13H,10-11H2,1-2H3,(H,25,26). The van der Waals surface area contributed by atoms with Crippen molar-refractivity contribution in [1.29, 1.82) is 0 Å². The second-order valence-corrected chi connectivity index (χ2v) is 6.54. The fourth-order valence-corrected chi connectivity index (χ4v) is 2.63. The van der Waals surface area contributed by atoms with Gasteiger partial charge in [0.25, 0.3) is 0 Å². The third kappa shape index (κ3) is 4.58. The highest BCUT2D eigenvalue weighted by Gasteiger charge is 2.13. The van der Waals surface area contributed by atoms with Crippen LogP contribution < -0.4 is 5.32 Å². The number of aryl methyl sites for hydroxylation is 1. The van der Waals surface area contributed by atoms with Crippen molar-refractivity contribution in [2.75, 3.05) is 5.32 Å². The smallest absolute Gasteiger partial charge is 0.225 e. The van der Waals surface area contributed by atoms with E-state index in [4.69, 9.17) is 4.42 Å². The van der Waals surface area contributed by atoms with Crippen molar-refractivity contribution in [3.05, 3.63) is 71.8 Å². The van der Waals surface area contributed by atoms with Crippen molar-refractivity contribution in [3.63, 3.8) is 0 Å². The summed E-state index contributed by atoms with van der Waals surface area (Å²) in [6, 6.07) is 11.4. The first-order valence-corrected chi connectivity index (χ1v) is 8.73. The second kappa shape index (κ2) is 8.12. The summed E-state index contributed by atoms with van der Waals surface area (Å²) in [5, 5.41) is 2.25. The number of aromatic nitrogens is 1. The number of para-hydroxylation sites is 1. The number of halogens is 2. The zero-order chi connectivity index (χ0) is 19.4. The van der Waals surface area contributed by atoms with E-state index in [-0.39, 0.29) is 12.8 Å². The van der Waals surface area contributed by atoms with Gasteiger partial charge in [0.15, 0.2) is 11.7 Å². The van der Waals surface area contributed by atoms with Crippen LogP contribution in [0.25, 0.3) is 11.3 Å². The second-order valence-electron chi connectivity index (χ2n) is 6.54. The molecule has 1 heterocycles. The number of anilines is 1. The molecular formula is C21H20F2N2O2. The molecule has 140 valence electrons. The van der Waals surface area contributed by atoms with Gasteiger partial charge in [-0.2, -0.15) is 0 Å². The SMILES string of the molecule is CC(C)c1ccc(-c2cnc(CCC(=O)Nc3c(F)cccc3F)o2)cc1. The van der Waals surface area contributed by atoms with Gasteiger partial charge in [0.05, 0.1) is 6.20 Å². The maximum atomic E-state index is 13.6. The molecule has 27 heavy (non-hydrogen) atoms. The van der Waals surface area contributed by atoms with Crippen LogP contribution in [0.3, 0.4) is 0 Å². The van der Waals surface area contributed by atoms with Gasteiger partial charge in [-0.1, -0.05) is 44.2 Å². The van der Waals surface area contributed by atoms with E-state index < -0.39 is 23.2 Å². The van der Waals surface area contributed by atoms with E-state index in [1.165, 1.54) is 11.6 Å². The lowest BCUT2D eigenvalue weighted by Crippen LogP contribution is -2.14.